The fourth-order valence-electron chi connectivity index (χ4n) is 1.05. The number of benzene rings is 1. The maximum absolute atomic E-state index is 5.49. The SMILES string of the molecule is C1=CN=CN(Oc2ccccc2)C1. The predicted molar refractivity (Wildman–Crippen MR) is 51.4 cm³/mol. The minimum atomic E-state index is 0.735. The second kappa shape index (κ2) is 3.76. The van der Waals surface area contributed by atoms with Crippen molar-refractivity contribution in [2.75, 3.05) is 6.54 Å². The van der Waals surface area contributed by atoms with Crippen LogP contribution < -0.4 is 4.84 Å². The van der Waals surface area contributed by atoms with Crippen molar-refractivity contribution in [3.63, 3.8) is 0 Å². The van der Waals surface area contributed by atoms with Crippen LogP contribution in [0.5, 0.6) is 5.75 Å². The first kappa shape index (κ1) is 7.86. The number of para-hydroxylation sites is 1. The van der Waals surface area contributed by atoms with E-state index in [1.165, 1.54) is 0 Å². The number of hydrogen-bond acceptors (Lipinski definition) is 3. The van der Waals surface area contributed by atoms with Crippen LogP contribution in [0.2, 0.25) is 0 Å². The van der Waals surface area contributed by atoms with Gasteiger partial charge in [0.15, 0.2) is 5.75 Å². The van der Waals surface area contributed by atoms with Crippen LogP contribution in [-0.4, -0.2) is 17.9 Å². The predicted octanol–water partition coefficient (Wildman–Crippen LogP) is 1.84. The molecule has 0 atom stereocenters. The van der Waals surface area contributed by atoms with Crippen molar-refractivity contribution in [1.29, 1.82) is 0 Å². The lowest BCUT2D eigenvalue weighted by Gasteiger charge is -2.19. The van der Waals surface area contributed by atoms with E-state index in [2.05, 4.69) is 4.99 Å². The normalized spacial score (nSPS) is 14.6. The van der Waals surface area contributed by atoms with Gasteiger partial charge in [0.2, 0.25) is 0 Å². The third-order valence-corrected chi connectivity index (χ3v) is 1.64. The summed E-state index contributed by atoms with van der Waals surface area (Å²) < 4.78 is 0. The summed E-state index contributed by atoms with van der Waals surface area (Å²) in [6.07, 6.45) is 5.35. The van der Waals surface area contributed by atoms with Gasteiger partial charge in [-0.15, -0.1) is 0 Å². The molecule has 3 heteroatoms. The maximum Gasteiger partial charge on any atom is 0.155 e. The Morgan fingerprint density at radius 2 is 2.08 bits per heavy atom. The molecule has 0 aromatic heterocycles. The molecule has 0 aliphatic carbocycles. The van der Waals surface area contributed by atoms with E-state index in [4.69, 9.17) is 4.84 Å². The average molecular weight is 174 g/mol. The van der Waals surface area contributed by atoms with Gasteiger partial charge in [-0.25, -0.2) is 4.99 Å². The molecule has 0 spiro atoms. The Bertz CT molecular complexity index is 319. The molecule has 3 nitrogen and oxygen atoms in total. The molecule has 0 fully saturated rings. The summed E-state index contributed by atoms with van der Waals surface area (Å²) in [6.45, 7) is 0.735. The number of rotatable bonds is 2. The summed E-state index contributed by atoms with van der Waals surface area (Å²) in [5.41, 5.74) is 0. The molecular formula is C10H10N2O. The van der Waals surface area contributed by atoms with Gasteiger partial charge in [0.25, 0.3) is 0 Å². The fourth-order valence-corrected chi connectivity index (χ4v) is 1.05. The topological polar surface area (TPSA) is 24.8 Å². The van der Waals surface area contributed by atoms with E-state index in [1.807, 2.05) is 36.4 Å². The third kappa shape index (κ3) is 2.08. The molecule has 13 heavy (non-hydrogen) atoms. The maximum atomic E-state index is 5.49. The van der Waals surface area contributed by atoms with E-state index in [-0.39, 0.29) is 0 Å². The summed E-state index contributed by atoms with van der Waals surface area (Å²) in [5, 5.41) is 1.68. The monoisotopic (exact) mass is 174 g/mol. The lowest BCUT2D eigenvalue weighted by Crippen LogP contribution is -2.27. The fraction of sp³-hybridized carbons (Fsp3) is 0.100. The van der Waals surface area contributed by atoms with E-state index < -0.39 is 0 Å². The van der Waals surface area contributed by atoms with Gasteiger partial charge < -0.3 is 4.84 Å². The summed E-state index contributed by atoms with van der Waals surface area (Å²) >= 11 is 0. The van der Waals surface area contributed by atoms with E-state index in [0.717, 1.165) is 12.3 Å². The first-order chi connectivity index (χ1) is 6.45. The average Bonchev–Trinajstić information content (AvgIpc) is 2.21. The summed E-state index contributed by atoms with van der Waals surface area (Å²) in [6, 6.07) is 9.65. The largest absolute Gasteiger partial charge is 0.378 e. The molecule has 0 amide bonds. The Labute approximate surface area is 76.9 Å². The molecule has 0 N–H and O–H groups in total. The zero-order valence-electron chi connectivity index (χ0n) is 7.13. The molecule has 0 bridgehead atoms. The second-order valence-electron chi connectivity index (χ2n) is 2.65. The molecule has 0 radical (unpaired) electrons. The van der Waals surface area contributed by atoms with Crippen molar-refractivity contribution >= 4 is 6.34 Å². The van der Waals surface area contributed by atoms with Gasteiger partial charge in [-0.1, -0.05) is 18.2 Å². The van der Waals surface area contributed by atoms with E-state index in [0.29, 0.717) is 0 Å². The minimum absolute atomic E-state index is 0.735. The summed E-state index contributed by atoms with van der Waals surface area (Å²) in [4.78, 5) is 9.44. The summed E-state index contributed by atoms with van der Waals surface area (Å²) in [5.74, 6) is 0.823. The first-order valence-electron chi connectivity index (χ1n) is 4.13. The quantitative estimate of drug-likeness (QED) is 0.683. The Hall–Kier alpha value is -1.77. The van der Waals surface area contributed by atoms with Gasteiger partial charge >= 0.3 is 0 Å². The summed E-state index contributed by atoms with van der Waals surface area (Å²) in [7, 11) is 0. The Balaban J connectivity index is 1.99. The lowest BCUT2D eigenvalue weighted by molar-refractivity contribution is 0.0362. The van der Waals surface area contributed by atoms with Gasteiger partial charge in [0, 0.05) is 6.20 Å². The second-order valence-corrected chi connectivity index (χ2v) is 2.65. The molecule has 1 heterocycles. The molecule has 1 aromatic rings. The molecule has 0 saturated carbocycles. The van der Waals surface area contributed by atoms with Crippen LogP contribution in [0.4, 0.5) is 0 Å². The lowest BCUT2D eigenvalue weighted by atomic mass is 10.3. The molecule has 2 rings (SSSR count). The van der Waals surface area contributed by atoms with Gasteiger partial charge in [-0.3, -0.25) is 0 Å². The Kier molecular flexibility index (Phi) is 2.27. The van der Waals surface area contributed by atoms with Crippen LogP contribution >= 0.6 is 0 Å². The Morgan fingerprint density at radius 1 is 1.23 bits per heavy atom. The van der Waals surface area contributed by atoms with E-state index >= 15 is 0 Å². The van der Waals surface area contributed by atoms with Crippen LogP contribution in [0.1, 0.15) is 0 Å². The number of nitrogens with zero attached hydrogens (tertiary/aromatic N) is 2. The highest BCUT2D eigenvalue weighted by Gasteiger charge is 2.01. The zero-order chi connectivity index (χ0) is 8.93. The van der Waals surface area contributed by atoms with Crippen molar-refractivity contribution in [2.24, 2.45) is 4.99 Å². The highest BCUT2D eigenvalue weighted by atomic mass is 16.7. The molecule has 1 aliphatic heterocycles. The molecule has 1 aliphatic rings. The van der Waals surface area contributed by atoms with Crippen LogP contribution in [0, 0.1) is 0 Å². The van der Waals surface area contributed by atoms with E-state index in [9.17, 15) is 0 Å². The third-order valence-electron chi connectivity index (χ3n) is 1.64. The minimum Gasteiger partial charge on any atom is -0.378 e. The number of hydrogen-bond donors (Lipinski definition) is 0. The number of hydroxylamine groups is 2. The van der Waals surface area contributed by atoms with Crippen LogP contribution in [-0.2, 0) is 0 Å². The van der Waals surface area contributed by atoms with Crippen molar-refractivity contribution in [3.05, 3.63) is 42.6 Å². The van der Waals surface area contributed by atoms with Crippen molar-refractivity contribution in [1.82, 2.24) is 5.06 Å². The Morgan fingerprint density at radius 3 is 2.77 bits per heavy atom. The smallest absolute Gasteiger partial charge is 0.155 e. The standard InChI is InChI=1S/C10H10N2O/c1-2-5-10(6-3-1)13-12-8-4-7-11-9-12/h1-7,9H,8H2. The van der Waals surface area contributed by atoms with Crippen molar-refractivity contribution < 1.29 is 4.84 Å². The van der Waals surface area contributed by atoms with Gasteiger partial charge in [-0.05, 0) is 18.2 Å². The van der Waals surface area contributed by atoms with E-state index in [1.54, 1.807) is 17.6 Å². The van der Waals surface area contributed by atoms with Crippen LogP contribution in [0.15, 0.2) is 47.6 Å². The van der Waals surface area contributed by atoms with Gasteiger partial charge in [0.05, 0.1) is 6.54 Å². The molecular weight excluding hydrogens is 164 g/mol. The molecule has 0 unspecified atom stereocenters. The van der Waals surface area contributed by atoms with Crippen molar-refractivity contribution in [2.45, 2.75) is 0 Å². The highest BCUT2D eigenvalue weighted by Crippen LogP contribution is 2.10. The van der Waals surface area contributed by atoms with Crippen LogP contribution in [0.3, 0.4) is 0 Å². The first-order valence-corrected chi connectivity index (χ1v) is 4.13. The van der Waals surface area contributed by atoms with Gasteiger partial charge in [0.1, 0.15) is 6.34 Å². The van der Waals surface area contributed by atoms with Crippen molar-refractivity contribution in [3.8, 4) is 5.75 Å². The van der Waals surface area contributed by atoms with Crippen LogP contribution in [0.25, 0.3) is 0 Å². The molecule has 66 valence electrons. The number of aliphatic imine (C=N–C) groups is 1. The van der Waals surface area contributed by atoms with Gasteiger partial charge in [-0.2, -0.15) is 5.06 Å². The molecule has 1 aromatic carbocycles. The zero-order valence-corrected chi connectivity index (χ0v) is 7.13. The molecule has 0 saturated heterocycles. The highest BCUT2D eigenvalue weighted by molar-refractivity contribution is 5.56.